The maximum Gasteiger partial charge on any atom is 0.232 e. The van der Waals surface area contributed by atoms with Crippen molar-refractivity contribution in [2.24, 2.45) is 0 Å². The Bertz CT molecular complexity index is 531. The Hall–Kier alpha value is -2.17. The Kier molecular flexibility index (Phi) is 3.18. The van der Waals surface area contributed by atoms with E-state index >= 15 is 0 Å². The number of nitrogen functional groups attached to an aromatic ring is 1. The Morgan fingerprint density at radius 2 is 2.18 bits per heavy atom. The molecule has 0 aliphatic heterocycles. The van der Waals surface area contributed by atoms with Crippen molar-refractivity contribution >= 4 is 5.69 Å². The van der Waals surface area contributed by atoms with Crippen LogP contribution >= 0.6 is 0 Å². The molecule has 0 aliphatic rings. The molecule has 88 valence electrons. The van der Waals surface area contributed by atoms with Crippen LogP contribution in [0.25, 0.3) is 11.3 Å². The van der Waals surface area contributed by atoms with E-state index in [1.165, 1.54) is 18.3 Å². The summed E-state index contributed by atoms with van der Waals surface area (Å²) in [7, 11) is 0. The van der Waals surface area contributed by atoms with Gasteiger partial charge in [0.05, 0.1) is 30.4 Å². The zero-order chi connectivity index (χ0) is 12.3. The molecule has 5 heteroatoms. The molecule has 2 N–H and O–H groups in total. The first-order chi connectivity index (χ1) is 8.20. The lowest BCUT2D eigenvalue weighted by Crippen LogP contribution is -1.97. The van der Waals surface area contributed by atoms with Crippen molar-refractivity contribution in [3.8, 4) is 17.1 Å². The topological polar surface area (TPSA) is 61.0 Å². The van der Waals surface area contributed by atoms with E-state index in [0.717, 1.165) is 0 Å². The van der Waals surface area contributed by atoms with Gasteiger partial charge in [-0.1, -0.05) is 6.07 Å². The van der Waals surface area contributed by atoms with Crippen LogP contribution in [0, 0.1) is 5.82 Å². The predicted octanol–water partition coefficient (Wildman–Crippen LogP) is 2.26. The molecule has 0 bridgehead atoms. The van der Waals surface area contributed by atoms with E-state index in [2.05, 4.69) is 9.97 Å². The van der Waals surface area contributed by atoms with Crippen LogP contribution in [0.3, 0.4) is 0 Å². The second-order valence-electron chi connectivity index (χ2n) is 3.41. The fraction of sp³-hybridized carbons (Fsp3) is 0.167. The predicted molar refractivity (Wildman–Crippen MR) is 63.0 cm³/mol. The Morgan fingerprint density at radius 1 is 1.35 bits per heavy atom. The summed E-state index contributed by atoms with van der Waals surface area (Å²) in [5, 5.41) is 0. The molecule has 0 spiro atoms. The van der Waals surface area contributed by atoms with E-state index < -0.39 is 5.82 Å². The van der Waals surface area contributed by atoms with Crippen LogP contribution in [0.15, 0.2) is 30.6 Å². The molecule has 2 aromatic rings. The molecule has 4 nitrogen and oxygen atoms in total. The highest BCUT2D eigenvalue weighted by Crippen LogP contribution is 2.22. The van der Waals surface area contributed by atoms with Gasteiger partial charge in [0.2, 0.25) is 5.88 Å². The summed E-state index contributed by atoms with van der Waals surface area (Å²) in [6.45, 7) is 2.37. The second kappa shape index (κ2) is 4.78. The van der Waals surface area contributed by atoms with E-state index in [1.807, 2.05) is 6.92 Å². The highest BCUT2D eigenvalue weighted by Gasteiger charge is 2.05. The third kappa shape index (κ3) is 2.50. The number of hydrogen-bond acceptors (Lipinski definition) is 4. The van der Waals surface area contributed by atoms with E-state index in [9.17, 15) is 4.39 Å². The average Bonchev–Trinajstić information content (AvgIpc) is 2.33. The molecular formula is C12H12FN3O. The van der Waals surface area contributed by atoms with Crippen molar-refractivity contribution in [1.29, 1.82) is 0 Å². The molecule has 0 unspecified atom stereocenters. The number of anilines is 1. The number of benzene rings is 1. The summed E-state index contributed by atoms with van der Waals surface area (Å²) in [5.74, 6) is -0.0478. The van der Waals surface area contributed by atoms with E-state index in [1.54, 1.807) is 12.3 Å². The van der Waals surface area contributed by atoms with Crippen LogP contribution in [0.1, 0.15) is 6.92 Å². The lowest BCUT2D eigenvalue weighted by Gasteiger charge is -2.05. The van der Waals surface area contributed by atoms with Crippen molar-refractivity contribution in [2.45, 2.75) is 6.92 Å². The second-order valence-corrected chi connectivity index (χ2v) is 3.41. The number of halogens is 1. The van der Waals surface area contributed by atoms with Gasteiger partial charge in [-0.25, -0.2) is 9.37 Å². The fourth-order valence-corrected chi connectivity index (χ4v) is 1.39. The molecule has 0 atom stereocenters. The molecule has 2 rings (SSSR count). The highest BCUT2D eigenvalue weighted by molar-refractivity contribution is 5.61. The lowest BCUT2D eigenvalue weighted by molar-refractivity contribution is 0.325. The van der Waals surface area contributed by atoms with Crippen LogP contribution in [-0.4, -0.2) is 16.6 Å². The third-order valence-corrected chi connectivity index (χ3v) is 2.20. The van der Waals surface area contributed by atoms with Crippen LogP contribution in [0.5, 0.6) is 5.88 Å². The Balaban J connectivity index is 2.38. The van der Waals surface area contributed by atoms with Crippen molar-refractivity contribution in [3.05, 3.63) is 36.4 Å². The molecule has 0 radical (unpaired) electrons. The smallest absolute Gasteiger partial charge is 0.232 e. The van der Waals surface area contributed by atoms with Crippen LogP contribution in [0.4, 0.5) is 10.1 Å². The summed E-state index contributed by atoms with van der Waals surface area (Å²) in [5.41, 5.74) is 6.69. The molecule has 0 fully saturated rings. The summed E-state index contributed by atoms with van der Waals surface area (Å²) in [6, 6.07) is 4.52. The van der Waals surface area contributed by atoms with Gasteiger partial charge in [0.25, 0.3) is 0 Å². The molecule has 0 saturated heterocycles. The third-order valence-electron chi connectivity index (χ3n) is 2.20. The first kappa shape index (κ1) is 11.3. The van der Waals surface area contributed by atoms with Gasteiger partial charge in [-0.2, -0.15) is 0 Å². The molecule has 0 aliphatic carbocycles. The Labute approximate surface area is 98.3 Å². The van der Waals surface area contributed by atoms with E-state index in [-0.39, 0.29) is 5.69 Å². The molecule has 1 aromatic carbocycles. The standard InChI is InChI=1S/C12H12FN3O/c1-2-17-12-7-15-6-11(16-12)8-3-4-10(14)9(13)5-8/h3-7H,2,14H2,1H3. The van der Waals surface area contributed by atoms with Crippen molar-refractivity contribution in [3.63, 3.8) is 0 Å². The molecule has 17 heavy (non-hydrogen) atoms. The number of hydrogen-bond donors (Lipinski definition) is 1. The number of aromatic nitrogens is 2. The molecule has 1 heterocycles. The quantitative estimate of drug-likeness (QED) is 0.826. The van der Waals surface area contributed by atoms with Gasteiger partial charge in [-0.05, 0) is 19.1 Å². The maximum atomic E-state index is 13.3. The van der Waals surface area contributed by atoms with Gasteiger partial charge in [0, 0.05) is 5.56 Å². The zero-order valence-electron chi connectivity index (χ0n) is 9.35. The number of nitrogens with two attached hydrogens (primary N) is 1. The Morgan fingerprint density at radius 3 is 2.88 bits per heavy atom. The van der Waals surface area contributed by atoms with Gasteiger partial charge < -0.3 is 10.5 Å². The summed E-state index contributed by atoms with van der Waals surface area (Å²) < 4.78 is 18.5. The van der Waals surface area contributed by atoms with Gasteiger partial charge in [-0.3, -0.25) is 4.98 Å². The van der Waals surface area contributed by atoms with Crippen molar-refractivity contribution < 1.29 is 9.13 Å². The van der Waals surface area contributed by atoms with Gasteiger partial charge in [0.15, 0.2) is 0 Å². The first-order valence-electron chi connectivity index (χ1n) is 5.21. The minimum atomic E-state index is -0.467. The largest absolute Gasteiger partial charge is 0.477 e. The van der Waals surface area contributed by atoms with Gasteiger partial charge in [0.1, 0.15) is 5.82 Å². The van der Waals surface area contributed by atoms with Gasteiger partial charge >= 0.3 is 0 Å². The first-order valence-corrected chi connectivity index (χ1v) is 5.21. The number of nitrogens with zero attached hydrogens (tertiary/aromatic N) is 2. The van der Waals surface area contributed by atoms with E-state index in [0.29, 0.717) is 23.7 Å². The minimum absolute atomic E-state index is 0.114. The van der Waals surface area contributed by atoms with E-state index in [4.69, 9.17) is 10.5 Å². The van der Waals surface area contributed by atoms with Gasteiger partial charge in [-0.15, -0.1) is 0 Å². The van der Waals surface area contributed by atoms with Crippen LogP contribution in [-0.2, 0) is 0 Å². The lowest BCUT2D eigenvalue weighted by atomic mass is 10.1. The summed E-state index contributed by atoms with van der Waals surface area (Å²) in [4.78, 5) is 8.20. The summed E-state index contributed by atoms with van der Waals surface area (Å²) in [6.07, 6.45) is 3.06. The molecule has 1 aromatic heterocycles. The maximum absolute atomic E-state index is 13.3. The number of rotatable bonds is 3. The van der Waals surface area contributed by atoms with Crippen molar-refractivity contribution in [1.82, 2.24) is 9.97 Å². The molecular weight excluding hydrogens is 221 g/mol. The normalized spacial score (nSPS) is 10.2. The van der Waals surface area contributed by atoms with Crippen LogP contribution < -0.4 is 10.5 Å². The zero-order valence-corrected chi connectivity index (χ0v) is 9.35. The fourth-order valence-electron chi connectivity index (χ4n) is 1.39. The number of ether oxygens (including phenoxy) is 1. The summed E-state index contributed by atoms with van der Waals surface area (Å²) >= 11 is 0. The highest BCUT2D eigenvalue weighted by atomic mass is 19.1. The molecule has 0 amide bonds. The molecule has 0 saturated carbocycles. The SMILES string of the molecule is CCOc1cncc(-c2ccc(N)c(F)c2)n1. The van der Waals surface area contributed by atoms with Crippen LogP contribution in [0.2, 0.25) is 0 Å². The monoisotopic (exact) mass is 233 g/mol. The minimum Gasteiger partial charge on any atom is -0.477 e. The average molecular weight is 233 g/mol. The van der Waals surface area contributed by atoms with Crippen molar-refractivity contribution in [2.75, 3.05) is 12.3 Å².